The van der Waals surface area contributed by atoms with Crippen molar-refractivity contribution in [2.75, 3.05) is 23.9 Å². The molecule has 1 atom stereocenters. The number of halogens is 1. The lowest BCUT2D eigenvalue weighted by Crippen LogP contribution is -2.46. The van der Waals surface area contributed by atoms with E-state index in [2.05, 4.69) is 5.32 Å². The zero-order valence-electron chi connectivity index (χ0n) is 13.3. The molecule has 1 aliphatic carbocycles. The maximum Gasteiger partial charge on any atom is 0.240 e. The Hall–Kier alpha value is -1.60. The molecule has 1 unspecified atom stereocenters. The van der Waals surface area contributed by atoms with Crippen molar-refractivity contribution in [1.29, 1.82) is 0 Å². The van der Waals surface area contributed by atoms with Crippen LogP contribution in [0, 0.1) is 5.41 Å². The van der Waals surface area contributed by atoms with Crippen LogP contribution in [0.2, 0.25) is 5.02 Å². The summed E-state index contributed by atoms with van der Waals surface area (Å²) in [6, 6.07) is 6.33. The van der Waals surface area contributed by atoms with Gasteiger partial charge in [-0.15, -0.1) is 0 Å². The van der Waals surface area contributed by atoms with Gasteiger partial charge in [0.2, 0.25) is 11.8 Å². The zero-order valence-corrected chi connectivity index (χ0v) is 14.9. The summed E-state index contributed by atoms with van der Waals surface area (Å²) in [4.78, 5) is 26.8. The van der Waals surface area contributed by atoms with Crippen molar-refractivity contribution in [2.24, 2.45) is 5.41 Å². The van der Waals surface area contributed by atoms with Gasteiger partial charge < -0.3 is 10.2 Å². The van der Waals surface area contributed by atoms with Crippen LogP contribution >= 0.6 is 11.6 Å². The van der Waals surface area contributed by atoms with Crippen LogP contribution < -0.4 is 5.32 Å². The van der Waals surface area contributed by atoms with Crippen LogP contribution in [0.1, 0.15) is 19.3 Å². The smallest absolute Gasteiger partial charge is 0.240 e. The number of carbonyl (C=O) groups excluding carboxylic acids is 2. The minimum Gasteiger partial charge on any atom is -0.341 e. The van der Waals surface area contributed by atoms with Gasteiger partial charge in [-0.05, 0) is 43.5 Å². The molecule has 1 saturated carbocycles. The Morgan fingerprint density at radius 1 is 1.25 bits per heavy atom. The van der Waals surface area contributed by atoms with Crippen LogP contribution in [0.5, 0.6) is 0 Å². The zero-order chi connectivity index (χ0) is 17.5. The van der Waals surface area contributed by atoms with Gasteiger partial charge in [-0.2, -0.15) is 0 Å². The highest BCUT2D eigenvalue weighted by atomic mass is 35.5. The Morgan fingerprint density at radius 2 is 1.88 bits per heavy atom. The average Bonchev–Trinajstić information content (AvgIpc) is 3.27. The summed E-state index contributed by atoms with van der Waals surface area (Å²) in [7, 11) is -1.49. The number of benzene rings is 1. The largest absolute Gasteiger partial charge is 0.341 e. The summed E-state index contributed by atoms with van der Waals surface area (Å²) in [6.45, 7) is 0. The van der Waals surface area contributed by atoms with Gasteiger partial charge in [0.05, 0.1) is 11.5 Å². The lowest BCUT2D eigenvalue weighted by molar-refractivity contribution is -0.142. The van der Waals surface area contributed by atoms with Crippen molar-refractivity contribution in [3.63, 3.8) is 0 Å². The molecule has 2 aliphatic rings. The SMILES string of the molecule is CN(C(=O)C1(C(=O)Nc2ccc(Cl)cc2)CC1)C1CCS(=O)(=O)C1. The first kappa shape index (κ1) is 17.2. The van der Waals surface area contributed by atoms with Gasteiger partial charge in [0, 0.05) is 23.8 Å². The van der Waals surface area contributed by atoms with Crippen molar-refractivity contribution in [3.8, 4) is 0 Å². The molecule has 1 aromatic rings. The van der Waals surface area contributed by atoms with Crippen molar-refractivity contribution in [1.82, 2.24) is 4.90 Å². The molecule has 1 aliphatic heterocycles. The van der Waals surface area contributed by atoms with Gasteiger partial charge in [0.1, 0.15) is 5.41 Å². The van der Waals surface area contributed by atoms with E-state index in [0.29, 0.717) is 30.0 Å². The van der Waals surface area contributed by atoms with Crippen LogP contribution in [0.15, 0.2) is 24.3 Å². The van der Waals surface area contributed by atoms with E-state index in [9.17, 15) is 18.0 Å². The first-order chi connectivity index (χ1) is 11.2. The third-order valence-corrected chi connectivity index (χ3v) is 6.77. The second-order valence-corrected chi connectivity index (χ2v) is 9.18. The Morgan fingerprint density at radius 3 is 2.38 bits per heavy atom. The van der Waals surface area contributed by atoms with Crippen molar-refractivity contribution < 1.29 is 18.0 Å². The summed E-state index contributed by atoms with van der Waals surface area (Å²) < 4.78 is 23.2. The normalized spacial score (nSPS) is 23.5. The Labute approximate surface area is 146 Å². The number of nitrogens with one attached hydrogen (secondary N) is 1. The second-order valence-electron chi connectivity index (χ2n) is 6.52. The van der Waals surface area contributed by atoms with E-state index < -0.39 is 15.3 Å². The number of carbonyl (C=O) groups is 2. The van der Waals surface area contributed by atoms with E-state index in [1.807, 2.05) is 0 Å². The molecule has 2 fully saturated rings. The third kappa shape index (κ3) is 3.28. The summed E-state index contributed by atoms with van der Waals surface area (Å²) in [5.41, 5.74) is -0.490. The van der Waals surface area contributed by atoms with Crippen LogP contribution in [-0.2, 0) is 19.4 Å². The molecular formula is C16H19ClN2O4S. The van der Waals surface area contributed by atoms with E-state index in [4.69, 9.17) is 11.6 Å². The van der Waals surface area contributed by atoms with E-state index >= 15 is 0 Å². The molecule has 24 heavy (non-hydrogen) atoms. The fourth-order valence-corrected chi connectivity index (χ4v) is 4.93. The van der Waals surface area contributed by atoms with Gasteiger partial charge >= 0.3 is 0 Å². The Balaban J connectivity index is 1.69. The fraction of sp³-hybridized carbons (Fsp3) is 0.500. The maximum atomic E-state index is 12.8. The highest BCUT2D eigenvalue weighted by Gasteiger charge is 2.58. The molecule has 6 nitrogen and oxygen atoms in total. The quantitative estimate of drug-likeness (QED) is 0.818. The number of rotatable bonds is 4. The van der Waals surface area contributed by atoms with E-state index in [1.165, 1.54) is 4.90 Å². The molecule has 2 amide bonds. The van der Waals surface area contributed by atoms with Crippen LogP contribution in [-0.4, -0.2) is 49.7 Å². The van der Waals surface area contributed by atoms with Gasteiger partial charge in [0.15, 0.2) is 9.84 Å². The molecule has 0 bridgehead atoms. The molecule has 8 heteroatoms. The summed E-state index contributed by atoms with van der Waals surface area (Å²) in [5.74, 6) is -0.567. The first-order valence-corrected chi connectivity index (χ1v) is 9.98. The third-order valence-electron chi connectivity index (χ3n) is 4.77. The van der Waals surface area contributed by atoms with E-state index in [0.717, 1.165) is 0 Å². The highest BCUT2D eigenvalue weighted by molar-refractivity contribution is 7.91. The van der Waals surface area contributed by atoms with Gasteiger partial charge in [-0.3, -0.25) is 9.59 Å². The van der Waals surface area contributed by atoms with Crippen LogP contribution in [0.25, 0.3) is 0 Å². The minimum atomic E-state index is -3.08. The monoisotopic (exact) mass is 370 g/mol. The van der Waals surface area contributed by atoms with Crippen LogP contribution in [0.3, 0.4) is 0 Å². The molecule has 1 aromatic carbocycles. The van der Waals surface area contributed by atoms with Crippen molar-refractivity contribution >= 4 is 38.9 Å². The predicted octanol–water partition coefficient (Wildman–Crippen LogP) is 1.70. The van der Waals surface area contributed by atoms with Gasteiger partial charge in [-0.25, -0.2) is 8.42 Å². The summed E-state index contributed by atoms with van der Waals surface area (Å²) in [5, 5.41) is 3.31. The van der Waals surface area contributed by atoms with Gasteiger partial charge in [-0.1, -0.05) is 11.6 Å². The topological polar surface area (TPSA) is 83.6 Å². The molecule has 0 aromatic heterocycles. The fourth-order valence-electron chi connectivity index (χ4n) is 3.03. The average molecular weight is 371 g/mol. The van der Waals surface area contributed by atoms with Crippen LogP contribution in [0.4, 0.5) is 5.69 Å². The molecular weight excluding hydrogens is 352 g/mol. The number of hydrogen-bond donors (Lipinski definition) is 1. The second kappa shape index (κ2) is 6.04. The van der Waals surface area contributed by atoms with Crippen molar-refractivity contribution in [3.05, 3.63) is 29.3 Å². The molecule has 1 N–H and O–H groups in total. The van der Waals surface area contributed by atoms with Crippen molar-refractivity contribution in [2.45, 2.75) is 25.3 Å². The number of amides is 2. The lowest BCUT2D eigenvalue weighted by atomic mass is 10.0. The predicted molar refractivity (Wildman–Crippen MR) is 91.6 cm³/mol. The standard InChI is InChI=1S/C16H19ClN2O4S/c1-19(13-6-9-24(22,23)10-13)15(21)16(7-8-16)14(20)18-12-4-2-11(17)3-5-12/h2-5,13H,6-10H2,1H3,(H,18,20). The molecule has 1 heterocycles. The molecule has 0 spiro atoms. The van der Waals surface area contributed by atoms with E-state index in [1.54, 1.807) is 31.3 Å². The summed E-state index contributed by atoms with van der Waals surface area (Å²) >= 11 is 5.82. The Bertz CT molecular complexity index is 772. The number of sulfone groups is 1. The minimum absolute atomic E-state index is 0.0237. The molecule has 130 valence electrons. The molecule has 3 rings (SSSR count). The maximum absolute atomic E-state index is 12.8. The highest BCUT2D eigenvalue weighted by Crippen LogP contribution is 2.48. The molecule has 1 saturated heterocycles. The summed E-state index contributed by atoms with van der Waals surface area (Å²) in [6.07, 6.45) is 1.39. The Kier molecular flexibility index (Phi) is 4.34. The lowest BCUT2D eigenvalue weighted by Gasteiger charge is -2.27. The number of anilines is 1. The first-order valence-electron chi connectivity index (χ1n) is 7.78. The number of hydrogen-bond acceptors (Lipinski definition) is 4. The number of nitrogens with zero attached hydrogens (tertiary/aromatic N) is 1. The van der Waals surface area contributed by atoms with E-state index in [-0.39, 0.29) is 29.4 Å². The van der Waals surface area contributed by atoms with Gasteiger partial charge in [0.25, 0.3) is 0 Å². The molecule has 0 radical (unpaired) electrons.